The third kappa shape index (κ3) is 2.92. The van der Waals surface area contributed by atoms with Crippen molar-refractivity contribution in [2.75, 3.05) is 4.90 Å². The second-order valence-electron chi connectivity index (χ2n) is 11.2. The van der Waals surface area contributed by atoms with Crippen molar-refractivity contribution in [1.29, 1.82) is 0 Å². The quantitative estimate of drug-likeness (QED) is 0.405. The molecule has 3 aliphatic rings. The average Bonchev–Trinajstić information content (AvgIpc) is 3.24. The topological polar surface area (TPSA) is 148 Å². The predicted molar refractivity (Wildman–Crippen MR) is 136 cm³/mol. The number of aromatic nitrogens is 2. The van der Waals surface area contributed by atoms with Crippen LogP contribution in [-0.2, 0) is 20.9 Å². The molecule has 1 fully saturated rings. The number of carbonyl (C=O) groups excluding carboxylic acids is 2. The molecule has 11 nitrogen and oxygen atoms in total. The molecule has 0 unspecified atom stereocenters. The molecule has 38 heavy (non-hydrogen) atoms. The van der Waals surface area contributed by atoms with Crippen molar-refractivity contribution in [2.45, 2.75) is 63.2 Å². The Hall–Kier alpha value is -3.64. The second-order valence-corrected chi connectivity index (χ2v) is 11.2. The molecule has 4 heterocycles. The summed E-state index contributed by atoms with van der Waals surface area (Å²) in [7, 11) is 0. The lowest BCUT2D eigenvalue weighted by Crippen LogP contribution is -2.62. The highest BCUT2D eigenvalue weighted by Gasteiger charge is 2.66. The molecule has 1 aromatic heterocycles. The lowest BCUT2D eigenvalue weighted by molar-refractivity contribution is -0.210. The lowest BCUT2D eigenvalue weighted by atomic mass is 9.84. The maximum absolute atomic E-state index is 13.8. The maximum Gasteiger partial charge on any atom is 0.262 e. The minimum absolute atomic E-state index is 0.0452. The molecular formula is C27H29N5O6. The lowest BCUT2D eigenvalue weighted by Gasteiger charge is -2.43. The fourth-order valence-corrected chi connectivity index (χ4v) is 6.01. The minimum Gasteiger partial charge on any atom is -0.381 e. The fourth-order valence-electron chi connectivity index (χ4n) is 6.01. The van der Waals surface area contributed by atoms with Crippen LogP contribution < -0.4 is 15.8 Å². The Bertz CT molecular complexity index is 1580. The molecule has 0 bridgehead atoms. The summed E-state index contributed by atoms with van der Waals surface area (Å²) in [5.74, 6) is -1.69. The van der Waals surface area contributed by atoms with Gasteiger partial charge in [0.25, 0.3) is 11.5 Å². The third-order valence-corrected chi connectivity index (χ3v) is 8.27. The van der Waals surface area contributed by atoms with Crippen LogP contribution in [0, 0.1) is 5.92 Å². The van der Waals surface area contributed by atoms with Gasteiger partial charge in [0.15, 0.2) is 11.5 Å². The van der Waals surface area contributed by atoms with E-state index in [1.807, 2.05) is 0 Å². The van der Waals surface area contributed by atoms with E-state index >= 15 is 0 Å². The number of carbonyl (C=O) groups is 2. The third-order valence-electron chi connectivity index (χ3n) is 8.27. The van der Waals surface area contributed by atoms with Crippen LogP contribution in [0.4, 0.5) is 5.69 Å². The molecule has 198 valence electrons. The number of nitrogens with one attached hydrogen (secondary N) is 1. The van der Waals surface area contributed by atoms with E-state index < -0.39 is 52.4 Å². The zero-order valence-electron chi connectivity index (χ0n) is 21.4. The summed E-state index contributed by atoms with van der Waals surface area (Å²) in [5, 5.41) is 38.7. The smallest absolute Gasteiger partial charge is 0.262 e. The molecule has 1 saturated heterocycles. The van der Waals surface area contributed by atoms with Crippen LogP contribution in [0.15, 0.2) is 53.3 Å². The molecule has 0 radical (unpaired) electrons. The van der Waals surface area contributed by atoms with Crippen LogP contribution in [0.3, 0.4) is 0 Å². The Morgan fingerprint density at radius 2 is 1.68 bits per heavy atom. The number of hydrogen-bond acceptors (Lipinski definition) is 8. The first kappa shape index (κ1) is 24.7. The van der Waals surface area contributed by atoms with Gasteiger partial charge in [-0.1, -0.05) is 44.2 Å². The van der Waals surface area contributed by atoms with E-state index in [2.05, 4.69) is 10.3 Å². The number of hydrogen-bond donors (Lipinski definition) is 4. The molecule has 0 saturated carbocycles. The Labute approximate surface area is 217 Å². The van der Waals surface area contributed by atoms with Gasteiger partial charge in [-0.15, -0.1) is 0 Å². The number of hydroxylamine groups is 2. The van der Waals surface area contributed by atoms with E-state index in [1.165, 1.54) is 4.90 Å². The summed E-state index contributed by atoms with van der Waals surface area (Å²) >= 11 is 0. The zero-order chi connectivity index (χ0) is 27.4. The molecule has 2 amide bonds. The molecular weight excluding hydrogens is 490 g/mol. The highest BCUT2D eigenvalue weighted by atomic mass is 16.5. The van der Waals surface area contributed by atoms with Crippen LogP contribution in [0.1, 0.15) is 51.5 Å². The molecule has 4 atom stereocenters. The van der Waals surface area contributed by atoms with Crippen molar-refractivity contribution in [3.8, 4) is 0 Å². The number of nitrogens with zero attached hydrogens (tertiary/aromatic N) is 4. The standard InChI is InChI=1S/C27H29N5O6/c1-14(2)27(37)22-28-17-11-7-5-9-15(17)21(34)30(22)19(20(33)29-27)13-26(36)16-10-6-8-12-18(16)31-23(26)32(38)25(3,4)24(31)35/h5-12,14,19,23,36-38H,13H2,1-4H3,(H,29,33)/t19-,23+,26+,27+/m1/s1. The van der Waals surface area contributed by atoms with Gasteiger partial charge in [-0.25, -0.2) is 4.98 Å². The number of amides is 2. The Balaban J connectivity index is 1.57. The van der Waals surface area contributed by atoms with E-state index in [-0.39, 0.29) is 17.6 Å². The van der Waals surface area contributed by atoms with E-state index in [1.54, 1.807) is 76.2 Å². The first-order chi connectivity index (χ1) is 17.8. The number of fused-ring (bicyclic) bond motifs is 5. The summed E-state index contributed by atoms with van der Waals surface area (Å²) in [6.07, 6.45) is -1.62. The van der Waals surface area contributed by atoms with Crippen LogP contribution >= 0.6 is 0 Å². The van der Waals surface area contributed by atoms with Crippen molar-refractivity contribution >= 4 is 28.4 Å². The van der Waals surface area contributed by atoms with Crippen LogP contribution in [0.25, 0.3) is 10.9 Å². The van der Waals surface area contributed by atoms with Gasteiger partial charge in [0.1, 0.15) is 23.3 Å². The largest absolute Gasteiger partial charge is 0.381 e. The monoisotopic (exact) mass is 519 g/mol. The summed E-state index contributed by atoms with van der Waals surface area (Å²) in [4.78, 5) is 46.7. The summed E-state index contributed by atoms with van der Waals surface area (Å²) in [6.45, 7) is 6.48. The number of rotatable bonds is 3. The summed E-state index contributed by atoms with van der Waals surface area (Å²) in [6, 6.07) is 12.0. The van der Waals surface area contributed by atoms with Crippen molar-refractivity contribution < 1.29 is 25.0 Å². The van der Waals surface area contributed by atoms with Crippen molar-refractivity contribution in [3.63, 3.8) is 0 Å². The first-order valence-electron chi connectivity index (χ1n) is 12.5. The van der Waals surface area contributed by atoms with Crippen molar-refractivity contribution in [1.82, 2.24) is 19.9 Å². The summed E-state index contributed by atoms with van der Waals surface area (Å²) in [5.41, 5.74) is -4.66. The van der Waals surface area contributed by atoms with E-state index in [9.17, 15) is 29.8 Å². The van der Waals surface area contributed by atoms with E-state index in [0.29, 0.717) is 16.8 Å². The van der Waals surface area contributed by atoms with E-state index in [0.717, 1.165) is 9.63 Å². The van der Waals surface area contributed by atoms with Gasteiger partial charge in [0.2, 0.25) is 5.91 Å². The number of benzene rings is 2. The SMILES string of the molecule is CC(C)[C@@]1(O)NC(=O)[C@@H](C[C@]2(O)c3ccccc3N3C(=O)C(C)(C)N(O)[C@H]32)n2c1nc1ccccc1c2=O. The Morgan fingerprint density at radius 3 is 2.39 bits per heavy atom. The van der Waals surface area contributed by atoms with Gasteiger partial charge >= 0.3 is 0 Å². The Morgan fingerprint density at radius 1 is 1.03 bits per heavy atom. The van der Waals surface area contributed by atoms with E-state index in [4.69, 9.17) is 0 Å². The highest BCUT2D eigenvalue weighted by Crippen LogP contribution is 2.54. The molecule has 3 aliphatic heterocycles. The van der Waals surface area contributed by atoms with Crippen LogP contribution in [-0.4, -0.2) is 53.6 Å². The molecule has 2 aromatic carbocycles. The van der Waals surface area contributed by atoms with Crippen molar-refractivity contribution in [3.05, 3.63) is 70.3 Å². The molecule has 0 aliphatic carbocycles. The molecule has 3 aromatic rings. The molecule has 4 N–H and O–H groups in total. The van der Waals surface area contributed by atoms with Gasteiger partial charge in [0, 0.05) is 17.9 Å². The average molecular weight is 520 g/mol. The van der Waals surface area contributed by atoms with Gasteiger partial charge in [0.05, 0.1) is 16.6 Å². The number of aliphatic hydroxyl groups is 2. The normalized spacial score (nSPS) is 29.9. The zero-order valence-corrected chi connectivity index (χ0v) is 21.4. The number of anilines is 1. The van der Waals surface area contributed by atoms with Crippen LogP contribution in [0.5, 0.6) is 0 Å². The Kier molecular flexibility index (Phi) is 5.00. The maximum atomic E-state index is 13.8. The predicted octanol–water partition coefficient (Wildman–Crippen LogP) is 1.30. The fraction of sp³-hybridized carbons (Fsp3) is 0.407. The van der Waals surface area contributed by atoms with Gasteiger partial charge in [-0.3, -0.25) is 23.9 Å². The highest BCUT2D eigenvalue weighted by molar-refractivity contribution is 6.05. The first-order valence-corrected chi connectivity index (χ1v) is 12.5. The van der Waals surface area contributed by atoms with Gasteiger partial charge < -0.3 is 20.7 Å². The second kappa shape index (κ2) is 7.70. The molecule has 0 spiro atoms. The van der Waals surface area contributed by atoms with Crippen LogP contribution in [0.2, 0.25) is 0 Å². The number of para-hydroxylation sites is 2. The molecule has 11 heteroatoms. The van der Waals surface area contributed by atoms with Gasteiger partial charge in [-0.05, 0) is 32.0 Å². The van der Waals surface area contributed by atoms with Gasteiger partial charge in [-0.2, -0.15) is 5.06 Å². The molecule has 6 rings (SSSR count). The summed E-state index contributed by atoms with van der Waals surface area (Å²) < 4.78 is 1.15. The van der Waals surface area contributed by atoms with Crippen molar-refractivity contribution in [2.24, 2.45) is 5.92 Å². The minimum atomic E-state index is -1.95.